The summed E-state index contributed by atoms with van der Waals surface area (Å²) in [6.45, 7) is 5.84. The van der Waals surface area contributed by atoms with E-state index in [0.717, 1.165) is 44.9 Å². The van der Waals surface area contributed by atoms with Gasteiger partial charge < -0.3 is 0 Å². The molecule has 0 aliphatic heterocycles. The van der Waals surface area contributed by atoms with E-state index in [1.54, 1.807) is 0 Å². The molecule has 3 nitrogen and oxygen atoms in total. The first-order valence-electron chi connectivity index (χ1n) is 6.28. The molecule has 0 saturated carbocycles. The van der Waals surface area contributed by atoms with Gasteiger partial charge in [0.15, 0.2) is 0 Å². The summed E-state index contributed by atoms with van der Waals surface area (Å²) in [5.41, 5.74) is 0. The third-order valence-corrected chi connectivity index (χ3v) is 4.14. The van der Waals surface area contributed by atoms with Crippen LogP contribution in [0.25, 0.3) is 0 Å². The Morgan fingerprint density at radius 3 is 2.00 bits per heavy atom. The topological polar surface area (TPSA) is 54.4 Å². The molecule has 0 aromatic heterocycles. The van der Waals surface area contributed by atoms with Crippen molar-refractivity contribution in [2.45, 2.75) is 70.0 Å². The zero-order chi connectivity index (χ0) is 12.4. The SMILES string of the molecule is [CH2]CCCCC(CCCCCC)S(=O)(=O)O.[NaH]. The molecule has 0 aliphatic carbocycles. The molecule has 0 aromatic rings. The van der Waals surface area contributed by atoms with Gasteiger partial charge in [0, 0.05) is 0 Å². The maximum atomic E-state index is 11.1. The van der Waals surface area contributed by atoms with Crippen LogP contribution in [0.3, 0.4) is 0 Å². The van der Waals surface area contributed by atoms with E-state index in [4.69, 9.17) is 4.55 Å². The summed E-state index contributed by atoms with van der Waals surface area (Å²) in [4.78, 5) is 0. The molecule has 5 heteroatoms. The van der Waals surface area contributed by atoms with Crippen molar-refractivity contribution in [1.82, 2.24) is 0 Å². The molecule has 0 aromatic carbocycles. The Morgan fingerprint density at radius 2 is 1.59 bits per heavy atom. The molecule has 0 aliphatic rings. The standard InChI is InChI=1S/C12H25O3S.Na.H/c1-3-5-7-9-11-12(16(13,14)15)10-8-6-4-2;;/h12H,2-11H2,1H3,(H,13,14,15);;. The molecule has 0 fully saturated rings. The number of unbranched alkanes of at least 4 members (excludes halogenated alkanes) is 5. The van der Waals surface area contributed by atoms with Gasteiger partial charge in [-0.2, -0.15) is 8.42 Å². The van der Waals surface area contributed by atoms with Gasteiger partial charge in [-0.15, -0.1) is 0 Å². The van der Waals surface area contributed by atoms with Crippen LogP contribution in [-0.2, 0) is 10.1 Å². The average Bonchev–Trinajstić information content (AvgIpc) is 2.20. The molecule has 99 valence electrons. The second-order valence-corrected chi connectivity index (χ2v) is 6.03. The van der Waals surface area contributed by atoms with Gasteiger partial charge in [0.1, 0.15) is 0 Å². The minimum absolute atomic E-state index is 0. The first-order chi connectivity index (χ1) is 7.52. The summed E-state index contributed by atoms with van der Waals surface area (Å²) in [6.07, 6.45) is 7.98. The Balaban J connectivity index is 0. The summed E-state index contributed by atoms with van der Waals surface area (Å²) >= 11 is 0. The third kappa shape index (κ3) is 11.7. The van der Waals surface area contributed by atoms with Crippen LogP contribution in [0.15, 0.2) is 0 Å². The van der Waals surface area contributed by atoms with E-state index in [0.29, 0.717) is 12.8 Å². The molecule has 17 heavy (non-hydrogen) atoms. The van der Waals surface area contributed by atoms with Crippen LogP contribution < -0.4 is 0 Å². The Hall–Kier alpha value is 0.910. The molecule has 0 amide bonds. The van der Waals surface area contributed by atoms with E-state index in [2.05, 4.69) is 13.8 Å². The van der Waals surface area contributed by atoms with Gasteiger partial charge in [-0.25, -0.2) is 0 Å². The quantitative estimate of drug-likeness (QED) is 0.378. The maximum absolute atomic E-state index is 11.1. The normalized spacial score (nSPS) is 13.1. The van der Waals surface area contributed by atoms with E-state index in [-0.39, 0.29) is 29.6 Å². The van der Waals surface area contributed by atoms with Gasteiger partial charge in [-0.3, -0.25) is 4.55 Å². The second kappa shape index (κ2) is 12.0. The minimum atomic E-state index is -3.85. The van der Waals surface area contributed by atoms with E-state index >= 15 is 0 Å². The second-order valence-electron chi connectivity index (χ2n) is 4.34. The Bertz CT molecular complexity index is 252. The van der Waals surface area contributed by atoms with Crippen LogP contribution in [0.5, 0.6) is 0 Å². The van der Waals surface area contributed by atoms with Crippen LogP contribution >= 0.6 is 0 Å². The van der Waals surface area contributed by atoms with E-state index in [1.165, 1.54) is 0 Å². The summed E-state index contributed by atoms with van der Waals surface area (Å²) < 4.78 is 31.3. The van der Waals surface area contributed by atoms with Gasteiger partial charge in [-0.1, -0.05) is 58.8 Å². The zero-order valence-electron chi connectivity index (χ0n) is 10.3. The Morgan fingerprint density at radius 1 is 1.06 bits per heavy atom. The van der Waals surface area contributed by atoms with Crippen molar-refractivity contribution >= 4 is 39.7 Å². The molecular weight excluding hydrogens is 247 g/mol. The summed E-state index contributed by atoms with van der Waals surface area (Å²) in [7, 11) is -3.85. The molecule has 1 atom stereocenters. The van der Waals surface area contributed by atoms with Crippen LogP contribution in [0.1, 0.15) is 64.7 Å². The van der Waals surface area contributed by atoms with Crippen molar-refractivity contribution in [1.29, 1.82) is 0 Å². The first-order valence-corrected chi connectivity index (χ1v) is 7.78. The number of hydrogen-bond acceptors (Lipinski definition) is 2. The fourth-order valence-electron chi connectivity index (χ4n) is 1.79. The molecule has 0 bridgehead atoms. The van der Waals surface area contributed by atoms with Crippen LogP contribution in [-0.4, -0.2) is 47.8 Å². The van der Waals surface area contributed by atoms with Crippen LogP contribution in [0.2, 0.25) is 0 Å². The molecule has 1 unspecified atom stereocenters. The number of hydrogen-bond donors (Lipinski definition) is 1. The predicted molar refractivity (Wildman–Crippen MR) is 75.1 cm³/mol. The van der Waals surface area contributed by atoms with Gasteiger partial charge in [0.2, 0.25) is 0 Å². The van der Waals surface area contributed by atoms with Crippen molar-refractivity contribution in [2.24, 2.45) is 0 Å². The van der Waals surface area contributed by atoms with E-state index in [9.17, 15) is 8.42 Å². The van der Waals surface area contributed by atoms with Gasteiger partial charge in [-0.05, 0) is 12.8 Å². The summed E-state index contributed by atoms with van der Waals surface area (Å²) in [5.74, 6) is 0. The zero-order valence-corrected chi connectivity index (χ0v) is 11.1. The molecule has 0 saturated heterocycles. The fraction of sp³-hybridized carbons (Fsp3) is 0.917. The van der Waals surface area contributed by atoms with Crippen molar-refractivity contribution in [2.75, 3.05) is 0 Å². The van der Waals surface area contributed by atoms with E-state index < -0.39 is 15.4 Å². The first kappa shape index (κ1) is 20.2. The van der Waals surface area contributed by atoms with Crippen molar-refractivity contribution in [3.8, 4) is 0 Å². The fourth-order valence-corrected chi connectivity index (χ4v) is 2.72. The molecule has 1 radical (unpaired) electrons. The van der Waals surface area contributed by atoms with E-state index in [1.807, 2.05) is 0 Å². The van der Waals surface area contributed by atoms with Crippen molar-refractivity contribution in [3.63, 3.8) is 0 Å². The summed E-state index contributed by atoms with van der Waals surface area (Å²) in [6, 6.07) is 0. The third-order valence-electron chi connectivity index (χ3n) is 2.83. The number of rotatable bonds is 10. The Kier molecular flexibility index (Phi) is 14.2. The monoisotopic (exact) mass is 273 g/mol. The summed E-state index contributed by atoms with van der Waals surface area (Å²) in [5, 5.41) is -0.559. The molecule has 1 N–H and O–H groups in total. The van der Waals surface area contributed by atoms with Crippen LogP contribution in [0, 0.1) is 6.92 Å². The van der Waals surface area contributed by atoms with Crippen molar-refractivity contribution < 1.29 is 13.0 Å². The van der Waals surface area contributed by atoms with Gasteiger partial charge in [0.05, 0.1) is 5.25 Å². The molecule has 0 heterocycles. The van der Waals surface area contributed by atoms with Crippen LogP contribution in [0.4, 0.5) is 0 Å². The van der Waals surface area contributed by atoms with Crippen molar-refractivity contribution in [3.05, 3.63) is 6.92 Å². The van der Waals surface area contributed by atoms with Gasteiger partial charge in [0.25, 0.3) is 10.1 Å². The average molecular weight is 273 g/mol. The molecule has 0 spiro atoms. The Labute approximate surface area is 129 Å². The molecule has 0 rings (SSSR count). The predicted octanol–water partition coefficient (Wildman–Crippen LogP) is 2.96. The van der Waals surface area contributed by atoms with Gasteiger partial charge >= 0.3 is 29.6 Å². The molecular formula is C12H26NaO3S.